The lowest BCUT2D eigenvalue weighted by Gasteiger charge is -2.32. The van der Waals surface area contributed by atoms with Gasteiger partial charge in [-0.05, 0) is 19.3 Å². The molecule has 2 N–H and O–H groups in total. The topological polar surface area (TPSA) is 105 Å². The summed E-state index contributed by atoms with van der Waals surface area (Å²) in [4.78, 5) is 39.3. The summed E-state index contributed by atoms with van der Waals surface area (Å²) in [7, 11) is 10.9. The van der Waals surface area contributed by atoms with E-state index >= 15 is 0 Å². The molecule has 0 fully saturated rings. The molecule has 0 aromatic rings. The Kier molecular flexibility index (Phi) is 13.0. The Morgan fingerprint density at radius 1 is 1.09 bits per heavy atom. The number of quaternary nitrogens is 1. The zero-order chi connectivity index (χ0) is 25.1. The summed E-state index contributed by atoms with van der Waals surface area (Å²) in [6.45, 7) is 7.11. The van der Waals surface area contributed by atoms with Crippen molar-refractivity contribution in [3.63, 3.8) is 0 Å². The first-order valence-corrected chi connectivity index (χ1v) is 11.3. The lowest BCUT2D eigenvalue weighted by molar-refractivity contribution is -0.870. The van der Waals surface area contributed by atoms with Crippen LogP contribution in [0.2, 0.25) is 0 Å². The Morgan fingerprint density at radius 3 is 2.09 bits per heavy atom. The van der Waals surface area contributed by atoms with Gasteiger partial charge >= 0.3 is 5.97 Å². The lowest BCUT2D eigenvalue weighted by atomic mass is 9.77. The second-order valence-corrected chi connectivity index (χ2v) is 10.2. The summed E-state index contributed by atoms with van der Waals surface area (Å²) < 4.78 is 11.2. The van der Waals surface area contributed by atoms with E-state index in [4.69, 9.17) is 9.47 Å². The molecule has 0 bridgehead atoms. The van der Waals surface area contributed by atoms with E-state index in [1.54, 1.807) is 27.8 Å². The molecule has 0 aliphatic carbocycles. The number of likely N-dealkylation sites (N-methyl/N-ethyl adjacent to an activating group) is 1. The van der Waals surface area contributed by atoms with E-state index < -0.39 is 29.5 Å². The van der Waals surface area contributed by atoms with Gasteiger partial charge in [-0.15, -0.1) is 0 Å². The fraction of sp³-hybridized carbons (Fsp3) is 0.870. The van der Waals surface area contributed by atoms with E-state index in [-0.39, 0.29) is 31.2 Å². The van der Waals surface area contributed by atoms with Crippen molar-refractivity contribution in [1.82, 2.24) is 10.2 Å². The quantitative estimate of drug-likeness (QED) is 0.207. The Morgan fingerprint density at radius 2 is 1.66 bits per heavy atom. The Labute approximate surface area is 194 Å². The van der Waals surface area contributed by atoms with Gasteiger partial charge in [0.05, 0.1) is 40.2 Å². The van der Waals surface area contributed by atoms with Gasteiger partial charge in [-0.3, -0.25) is 14.4 Å². The van der Waals surface area contributed by atoms with E-state index in [1.165, 1.54) is 19.1 Å². The van der Waals surface area contributed by atoms with Crippen molar-refractivity contribution < 1.29 is 33.4 Å². The number of ether oxygens (including phenoxy) is 2. The third kappa shape index (κ3) is 11.2. The molecule has 0 spiro atoms. The highest BCUT2D eigenvalue weighted by Crippen LogP contribution is 2.32. The number of rotatable bonds is 16. The number of hydrogen-bond acceptors (Lipinski definition) is 5. The second kappa shape index (κ2) is 13.7. The summed E-state index contributed by atoms with van der Waals surface area (Å²) in [6, 6.07) is 0. The largest absolute Gasteiger partial charge is 0.481 e. The number of nitrogens with one attached hydrogen (secondary N) is 1. The predicted octanol–water partition coefficient (Wildman–Crippen LogP) is 1.81. The molecule has 0 saturated heterocycles. The average Bonchev–Trinajstić information content (AvgIpc) is 2.70. The van der Waals surface area contributed by atoms with E-state index in [0.29, 0.717) is 13.0 Å². The van der Waals surface area contributed by atoms with Crippen LogP contribution in [0.3, 0.4) is 0 Å². The van der Waals surface area contributed by atoms with Crippen LogP contribution in [0.5, 0.6) is 0 Å². The molecule has 0 heterocycles. The molecule has 9 heteroatoms. The van der Waals surface area contributed by atoms with Gasteiger partial charge in [0.15, 0.2) is 6.29 Å². The normalized spacial score (nSPS) is 14.2. The number of amides is 2. The van der Waals surface area contributed by atoms with Gasteiger partial charge in [-0.25, -0.2) is 0 Å². The molecule has 0 rings (SSSR count). The van der Waals surface area contributed by atoms with E-state index in [2.05, 4.69) is 26.5 Å². The maximum atomic E-state index is 13.2. The molecule has 0 aromatic heterocycles. The summed E-state index contributed by atoms with van der Waals surface area (Å²) in [5, 5.41) is 12.5. The van der Waals surface area contributed by atoms with Crippen LogP contribution < -0.4 is 5.32 Å². The molecule has 0 radical (unpaired) electrons. The Bertz CT molecular complexity index is 599. The number of carboxylic acids is 1. The molecule has 2 amide bonds. The minimum absolute atomic E-state index is 0.130. The molecular weight excluding hydrogens is 414 g/mol. The van der Waals surface area contributed by atoms with Gasteiger partial charge in [0.25, 0.3) is 0 Å². The maximum absolute atomic E-state index is 13.2. The number of hydrogen-bond donors (Lipinski definition) is 2. The number of carboxylic acid groups (broad SMARTS) is 1. The molecular formula is C23H46N3O6+. The van der Waals surface area contributed by atoms with Gasteiger partial charge in [0, 0.05) is 45.6 Å². The summed E-state index contributed by atoms with van der Waals surface area (Å²) in [6.07, 6.45) is 1.12. The molecule has 0 saturated carbocycles. The Hall–Kier alpha value is -1.71. The van der Waals surface area contributed by atoms with Crippen molar-refractivity contribution in [1.29, 1.82) is 0 Å². The SMILES string of the molecule is CCC(CC(CC(C)(C)C(=O)NCCC[N+](C)(C)C)C(=O)N(C)CC(OC)OC)C(=O)O. The van der Waals surface area contributed by atoms with Crippen molar-refractivity contribution in [3.05, 3.63) is 0 Å². The number of nitrogens with zero attached hydrogens (tertiary/aromatic N) is 2. The number of carbonyl (C=O) groups excluding carboxylic acids is 2. The van der Waals surface area contributed by atoms with Crippen LogP contribution in [0.1, 0.15) is 46.5 Å². The zero-order valence-electron chi connectivity index (χ0n) is 21.6. The molecule has 0 aromatic carbocycles. The highest BCUT2D eigenvalue weighted by atomic mass is 16.7. The predicted molar refractivity (Wildman–Crippen MR) is 124 cm³/mol. The number of methoxy groups -OCH3 is 2. The third-order valence-corrected chi connectivity index (χ3v) is 5.75. The third-order valence-electron chi connectivity index (χ3n) is 5.75. The minimum atomic E-state index is -0.929. The van der Waals surface area contributed by atoms with Crippen LogP contribution in [-0.4, -0.2) is 101 Å². The van der Waals surface area contributed by atoms with Crippen molar-refractivity contribution in [2.24, 2.45) is 17.3 Å². The average molecular weight is 461 g/mol. The first-order chi connectivity index (χ1) is 14.7. The molecule has 32 heavy (non-hydrogen) atoms. The molecule has 0 aliphatic heterocycles. The minimum Gasteiger partial charge on any atom is -0.481 e. The summed E-state index contributed by atoms with van der Waals surface area (Å²) >= 11 is 0. The Balaban J connectivity index is 5.37. The maximum Gasteiger partial charge on any atom is 0.306 e. The fourth-order valence-corrected chi connectivity index (χ4v) is 3.63. The van der Waals surface area contributed by atoms with Gasteiger partial charge in [0.1, 0.15) is 0 Å². The van der Waals surface area contributed by atoms with E-state index in [0.717, 1.165) is 17.4 Å². The first-order valence-electron chi connectivity index (χ1n) is 11.3. The fourth-order valence-electron chi connectivity index (χ4n) is 3.63. The highest BCUT2D eigenvalue weighted by molar-refractivity contribution is 5.84. The standard InChI is InChI=1S/C23H45N3O6/c1-10-17(21(28)29)14-18(20(27)25(4)16-19(31-8)32-9)15-23(2,3)22(30)24-12-11-13-26(5,6)7/h17-19H,10-16H2,1-9H3,(H-,24,28,29,30)/p+1. The molecule has 188 valence electrons. The van der Waals surface area contributed by atoms with Crippen molar-refractivity contribution >= 4 is 17.8 Å². The van der Waals surface area contributed by atoms with Crippen LogP contribution in [-0.2, 0) is 23.9 Å². The van der Waals surface area contributed by atoms with Crippen molar-refractivity contribution in [2.45, 2.75) is 52.7 Å². The van der Waals surface area contributed by atoms with Gasteiger partial charge in [-0.1, -0.05) is 20.8 Å². The van der Waals surface area contributed by atoms with Gasteiger partial charge < -0.3 is 29.3 Å². The smallest absolute Gasteiger partial charge is 0.306 e. The number of carbonyl (C=O) groups is 3. The highest BCUT2D eigenvalue weighted by Gasteiger charge is 2.37. The van der Waals surface area contributed by atoms with Crippen LogP contribution in [0.25, 0.3) is 0 Å². The van der Waals surface area contributed by atoms with Crippen molar-refractivity contribution in [3.8, 4) is 0 Å². The molecule has 9 nitrogen and oxygen atoms in total. The van der Waals surface area contributed by atoms with Crippen molar-refractivity contribution in [2.75, 3.05) is 62.0 Å². The number of aliphatic carboxylic acids is 1. The van der Waals surface area contributed by atoms with E-state index in [9.17, 15) is 19.5 Å². The molecule has 2 atom stereocenters. The first kappa shape index (κ1) is 30.3. The van der Waals surface area contributed by atoms with E-state index in [1.807, 2.05) is 0 Å². The van der Waals surface area contributed by atoms with Crippen LogP contribution in [0, 0.1) is 17.3 Å². The van der Waals surface area contributed by atoms with Crippen LogP contribution >= 0.6 is 0 Å². The zero-order valence-corrected chi connectivity index (χ0v) is 21.6. The van der Waals surface area contributed by atoms with Gasteiger partial charge in [0.2, 0.25) is 11.8 Å². The van der Waals surface area contributed by atoms with Crippen LogP contribution in [0.4, 0.5) is 0 Å². The molecule has 0 aliphatic rings. The molecule has 2 unspecified atom stereocenters. The summed E-state index contributed by atoms with van der Waals surface area (Å²) in [5.41, 5.74) is -0.823. The lowest BCUT2D eigenvalue weighted by Crippen LogP contribution is -2.45. The van der Waals surface area contributed by atoms with Gasteiger partial charge in [-0.2, -0.15) is 0 Å². The van der Waals surface area contributed by atoms with Crippen LogP contribution in [0.15, 0.2) is 0 Å². The monoisotopic (exact) mass is 460 g/mol. The second-order valence-electron chi connectivity index (χ2n) is 10.2. The summed E-state index contributed by atoms with van der Waals surface area (Å²) in [5.74, 6) is -2.53.